The van der Waals surface area contributed by atoms with E-state index in [1.807, 2.05) is 24.3 Å². The minimum absolute atomic E-state index is 0.296. The zero-order chi connectivity index (χ0) is 21.9. The van der Waals surface area contributed by atoms with E-state index >= 15 is 0 Å². The number of rotatable bonds is 7. The van der Waals surface area contributed by atoms with Gasteiger partial charge in [0.25, 0.3) is 0 Å². The van der Waals surface area contributed by atoms with Crippen LogP contribution in [-0.2, 0) is 29.0 Å². The van der Waals surface area contributed by atoms with Crippen molar-refractivity contribution in [3.05, 3.63) is 58.1 Å². The Hall–Kier alpha value is -2.77. The maximum Gasteiger partial charge on any atom is 0.303 e. The molecule has 7 nitrogen and oxygen atoms in total. The van der Waals surface area contributed by atoms with E-state index in [4.69, 9.17) is 26.6 Å². The van der Waals surface area contributed by atoms with Crippen LogP contribution < -0.4 is 15.4 Å². The molecule has 0 unspecified atom stereocenters. The Bertz CT molecular complexity index is 859. The van der Waals surface area contributed by atoms with Crippen LogP contribution in [0, 0.1) is 0 Å². The summed E-state index contributed by atoms with van der Waals surface area (Å²) in [4.78, 5) is 19.3. The van der Waals surface area contributed by atoms with Crippen LogP contribution in [0.2, 0.25) is 5.02 Å². The molecular weight excluding hydrogens is 408 g/mol. The molecule has 4 N–H and O–H groups in total. The molecule has 162 valence electrons. The third kappa shape index (κ3) is 7.57. The highest BCUT2D eigenvalue weighted by Gasteiger charge is 2.14. The minimum Gasteiger partial charge on any atom is -0.497 e. The van der Waals surface area contributed by atoms with Crippen LogP contribution in [0.4, 0.5) is 5.69 Å². The molecule has 0 amide bonds. The summed E-state index contributed by atoms with van der Waals surface area (Å²) < 4.78 is 5.28. The Labute approximate surface area is 181 Å². The first kappa shape index (κ1) is 23.5. The van der Waals surface area contributed by atoms with Gasteiger partial charge in [0.2, 0.25) is 0 Å². The van der Waals surface area contributed by atoms with Crippen LogP contribution >= 0.6 is 11.6 Å². The van der Waals surface area contributed by atoms with Gasteiger partial charge in [-0.15, -0.1) is 0 Å². The number of ether oxygens (including phenoxy) is 1. The number of carbonyl (C=O) groups is 2. The van der Waals surface area contributed by atoms with Gasteiger partial charge in [0, 0.05) is 6.54 Å². The Morgan fingerprint density at radius 2 is 1.80 bits per heavy atom. The van der Waals surface area contributed by atoms with Gasteiger partial charge in [-0.05, 0) is 60.8 Å². The molecule has 3 rings (SSSR count). The second-order valence-electron chi connectivity index (χ2n) is 6.80. The first-order valence-corrected chi connectivity index (χ1v) is 10.1. The predicted octanol–water partition coefficient (Wildman–Crippen LogP) is 3.58. The summed E-state index contributed by atoms with van der Waals surface area (Å²) >= 11 is 6.43. The number of hydrogen-bond donors (Lipinski definition) is 4. The molecule has 2 aromatic rings. The smallest absolute Gasteiger partial charge is 0.303 e. The molecule has 30 heavy (non-hydrogen) atoms. The Kier molecular flexibility index (Phi) is 9.44. The Balaban J connectivity index is 0.000000343. The van der Waals surface area contributed by atoms with E-state index in [1.165, 1.54) is 16.7 Å². The van der Waals surface area contributed by atoms with Crippen molar-refractivity contribution >= 4 is 29.2 Å². The van der Waals surface area contributed by atoms with Gasteiger partial charge in [-0.3, -0.25) is 9.59 Å². The first-order chi connectivity index (χ1) is 14.4. The SMILES string of the molecule is COc1cccc(CNc2c(Cl)ccc3c2CCNCC3)c1.O=C(O)CCC(=O)O. The van der Waals surface area contributed by atoms with E-state index in [2.05, 4.69) is 22.8 Å². The molecule has 0 fully saturated rings. The third-order valence-corrected chi connectivity index (χ3v) is 4.95. The molecule has 0 saturated carbocycles. The number of anilines is 1. The van der Waals surface area contributed by atoms with Gasteiger partial charge < -0.3 is 25.6 Å². The molecule has 1 aliphatic heterocycles. The summed E-state index contributed by atoms with van der Waals surface area (Å²) in [6.07, 6.45) is 1.47. The fourth-order valence-electron chi connectivity index (χ4n) is 3.12. The van der Waals surface area contributed by atoms with Crippen molar-refractivity contribution in [3.63, 3.8) is 0 Å². The van der Waals surface area contributed by atoms with Crippen molar-refractivity contribution in [2.45, 2.75) is 32.2 Å². The van der Waals surface area contributed by atoms with Gasteiger partial charge in [-0.25, -0.2) is 0 Å². The van der Waals surface area contributed by atoms with E-state index in [-0.39, 0.29) is 12.8 Å². The van der Waals surface area contributed by atoms with E-state index in [0.29, 0.717) is 0 Å². The number of halogens is 1. The molecule has 0 spiro atoms. The summed E-state index contributed by atoms with van der Waals surface area (Å²) in [6, 6.07) is 12.3. The van der Waals surface area contributed by atoms with E-state index in [9.17, 15) is 9.59 Å². The lowest BCUT2D eigenvalue weighted by molar-refractivity contribution is -0.143. The number of methoxy groups -OCH3 is 1. The molecule has 0 radical (unpaired) electrons. The van der Waals surface area contributed by atoms with Crippen molar-refractivity contribution in [2.75, 3.05) is 25.5 Å². The lowest BCUT2D eigenvalue weighted by atomic mass is 10.0. The largest absolute Gasteiger partial charge is 0.497 e. The standard InChI is InChI=1S/C18H21ClN2O.C4H6O4/c1-22-15-4-2-3-13(11-15)12-21-18-16-8-10-20-9-7-14(16)5-6-17(18)19;5-3(6)1-2-4(7)8/h2-6,11,20-21H,7-10,12H2,1H3;1-2H2,(H,5,6)(H,7,8). The van der Waals surface area contributed by atoms with Crippen LogP contribution in [0.25, 0.3) is 0 Å². The van der Waals surface area contributed by atoms with Crippen molar-refractivity contribution in [1.82, 2.24) is 5.32 Å². The number of carboxylic acid groups (broad SMARTS) is 2. The minimum atomic E-state index is -1.08. The number of aliphatic carboxylic acids is 2. The van der Waals surface area contributed by atoms with Crippen LogP contribution in [0.15, 0.2) is 36.4 Å². The average Bonchev–Trinajstić information content (AvgIpc) is 2.98. The zero-order valence-electron chi connectivity index (χ0n) is 16.9. The first-order valence-electron chi connectivity index (χ1n) is 9.72. The van der Waals surface area contributed by atoms with Crippen LogP contribution in [0.1, 0.15) is 29.5 Å². The van der Waals surface area contributed by atoms with Gasteiger partial charge in [-0.2, -0.15) is 0 Å². The number of hydrogen-bond acceptors (Lipinski definition) is 5. The van der Waals surface area contributed by atoms with E-state index < -0.39 is 11.9 Å². The summed E-state index contributed by atoms with van der Waals surface area (Å²) in [5, 5.41) is 23.6. The monoisotopic (exact) mass is 434 g/mol. The molecule has 8 heteroatoms. The lowest BCUT2D eigenvalue weighted by Crippen LogP contribution is -2.16. The molecule has 0 aromatic heterocycles. The average molecular weight is 435 g/mol. The topological polar surface area (TPSA) is 108 Å². The normalized spacial score (nSPS) is 12.6. The van der Waals surface area contributed by atoms with Gasteiger partial charge in [-0.1, -0.05) is 29.8 Å². The molecular formula is C22H27ClN2O5. The van der Waals surface area contributed by atoms with Gasteiger partial charge in [0.1, 0.15) is 5.75 Å². The van der Waals surface area contributed by atoms with Crippen molar-refractivity contribution in [2.24, 2.45) is 0 Å². The Morgan fingerprint density at radius 1 is 1.10 bits per heavy atom. The summed E-state index contributed by atoms with van der Waals surface area (Å²) in [7, 11) is 1.69. The van der Waals surface area contributed by atoms with Crippen LogP contribution in [0.3, 0.4) is 0 Å². The number of fused-ring (bicyclic) bond motifs is 1. The second-order valence-corrected chi connectivity index (χ2v) is 7.21. The highest BCUT2D eigenvalue weighted by Crippen LogP contribution is 2.31. The summed E-state index contributed by atoms with van der Waals surface area (Å²) in [5.41, 5.74) is 4.99. The molecule has 2 aromatic carbocycles. The second kappa shape index (κ2) is 12.0. The fourth-order valence-corrected chi connectivity index (χ4v) is 3.37. The molecule has 0 aliphatic carbocycles. The Morgan fingerprint density at radius 3 is 2.47 bits per heavy atom. The maximum absolute atomic E-state index is 9.64. The quantitative estimate of drug-likeness (QED) is 0.527. The molecule has 1 heterocycles. The van der Waals surface area contributed by atoms with Gasteiger partial charge >= 0.3 is 11.9 Å². The van der Waals surface area contributed by atoms with Crippen molar-refractivity contribution < 1.29 is 24.5 Å². The molecule has 0 saturated heterocycles. The maximum atomic E-state index is 9.64. The number of nitrogens with one attached hydrogen (secondary N) is 2. The third-order valence-electron chi connectivity index (χ3n) is 4.64. The molecule has 0 bridgehead atoms. The highest BCUT2D eigenvalue weighted by molar-refractivity contribution is 6.33. The molecule has 1 aliphatic rings. The predicted molar refractivity (Wildman–Crippen MR) is 117 cm³/mol. The highest BCUT2D eigenvalue weighted by atomic mass is 35.5. The number of carboxylic acids is 2. The summed E-state index contributed by atoms with van der Waals surface area (Å²) in [6.45, 7) is 2.77. The van der Waals surface area contributed by atoms with Crippen LogP contribution in [-0.4, -0.2) is 42.4 Å². The van der Waals surface area contributed by atoms with Gasteiger partial charge in [0.15, 0.2) is 0 Å². The van der Waals surface area contributed by atoms with E-state index in [1.54, 1.807) is 7.11 Å². The zero-order valence-corrected chi connectivity index (χ0v) is 17.7. The van der Waals surface area contributed by atoms with E-state index in [0.717, 1.165) is 48.9 Å². The number of benzene rings is 2. The van der Waals surface area contributed by atoms with Crippen molar-refractivity contribution in [1.29, 1.82) is 0 Å². The van der Waals surface area contributed by atoms with Crippen LogP contribution in [0.5, 0.6) is 5.75 Å². The fraction of sp³-hybridized carbons (Fsp3) is 0.364. The van der Waals surface area contributed by atoms with Gasteiger partial charge in [0.05, 0.1) is 30.7 Å². The lowest BCUT2D eigenvalue weighted by Gasteiger charge is -2.16. The summed E-state index contributed by atoms with van der Waals surface area (Å²) in [5.74, 6) is -1.28. The van der Waals surface area contributed by atoms with Crippen molar-refractivity contribution in [3.8, 4) is 5.75 Å². The molecule has 0 atom stereocenters.